The van der Waals surface area contributed by atoms with Gasteiger partial charge in [0.2, 0.25) is 5.95 Å². The number of benzene rings is 1. The number of aryl methyl sites for hydroxylation is 1. The number of hydrogen-bond acceptors (Lipinski definition) is 6. The van der Waals surface area contributed by atoms with Gasteiger partial charge in [-0.15, -0.1) is 0 Å². The summed E-state index contributed by atoms with van der Waals surface area (Å²) >= 11 is 0. The first-order valence-electron chi connectivity index (χ1n) is 13.7. The first-order valence-corrected chi connectivity index (χ1v) is 13.7. The molecule has 2 aliphatic rings. The Morgan fingerprint density at radius 3 is 2.61 bits per heavy atom. The fraction of sp³-hybridized carbons (Fsp3) is 0.467. The van der Waals surface area contributed by atoms with Crippen LogP contribution in [0.15, 0.2) is 47.5 Å². The van der Waals surface area contributed by atoms with E-state index in [4.69, 9.17) is 4.98 Å². The molecule has 3 aromatic heterocycles. The summed E-state index contributed by atoms with van der Waals surface area (Å²) in [6.07, 6.45) is 8.90. The van der Waals surface area contributed by atoms with Crippen molar-refractivity contribution >= 4 is 22.7 Å². The molecule has 4 aromatic rings. The van der Waals surface area contributed by atoms with Crippen LogP contribution < -0.4 is 10.9 Å². The second-order valence-electron chi connectivity index (χ2n) is 12.3. The minimum atomic E-state index is -0.107. The lowest BCUT2D eigenvalue weighted by Crippen LogP contribution is -2.26. The van der Waals surface area contributed by atoms with E-state index in [9.17, 15) is 4.79 Å². The molecule has 1 N–H and O–H groups in total. The summed E-state index contributed by atoms with van der Waals surface area (Å²) in [6, 6.07) is 10.8. The molecule has 38 heavy (non-hydrogen) atoms. The normalized spacial score (nSPS) is 17.7. The largest absolute Gasteiger partial charge is 0.324 e. The SMILES string of the molecule is CN(C)CC1CCc2cc(Nc3ncc4c(=O)n(C5CC5)n(-c5ccnc(C(C)(C)C)c5)c4n3)ccc2C1. The quantitative estimate of drug-likeness (QED) is 0.392. The highest BCUT2D eigenvalue weighted by molar-refractivity contribution is 5.77. The molecular formula is C30H37N7O. The zero-order valence-corrected chi connectivity index (χ0v) is 23.0. The second-order valence-corrected chi connectivity index (χ2v) is 12.3. The maximum atomic E-state index is 13.4. The number of pyridine rings is 1. The molecule has 1 fully saturated rings. The van der Waals surface area contributed by atoms with Crippen molar-refractivity contribution in [2.75, 3.05) is 26.0 Å². The second kappa shape index (κ2) is 9.34. The summed E-state index contributed by atoms with van der Waals surface area (Å²) in [5, 5.41) is 3.95. The van der Waals surface area contributed by atoms with Crippen molar-refractivity contribution < 1.29 is 0 Å². The van der Waals surface area contributed by atoms with Crippen LogP contribution in [0.2, 0.25) is 0 Å². The predicted octanol–water partition coefficient (Wildman–Crippen LogP) is 5.02. The van der Waals surface area contributed by atoms with E-state index in [0.29, 0.717) is 22.9 Å². The number of rotatable bonds is 6. The van der Waals surface area contributed by atoms with Crippen LogP contribution in [0.25, 0.3) is 16.7 Å². The van der Waals surface area contributed by atoms with Gasteiger partial charge in [-0.3, -0.25) is 9.78 Å². The highest BCUT2D eigenvalue weighted by atomic mass is 16.1. The van der Waals surface area contributed by atoms with Crippen molar-refractivity contribution in [3.8, 4) is 5.69 Å². The van der Waals surface area contributed by atoms with E-state index in [-0.39, 0.29) is 17.0 Å². The summed E-state index contributed by atoms with van der Waals surface area (Å²) in [5.74, 6) is 1.20. The first-order chi connectivity index (χ1) is 18.2. The average molecular weight is 512 g/mol. The molecule has 1 atom stereocenters. The molecule has 1 saturated carbocycles. The molecule has 0 aliphatic heterocycles. The Morgan fingerprint density at radius 1 is 1.05 bits per heavy atom. The molecule has 0 saturated heterocycles. The average Bonchev–Trinajstić information content (AvgIpc) is 3.67. The molecule has 0 radical (unpaired) electrons. The molecule has 0 amide bonds. The van der Waals surface area contributed by atoms with E-state index in [1.54, 1.807) is 6.20 Å². The molecule has 198 valence electrons. The zero-order valence-electron chi connectivity index (χ0n) is 23.0. The molecular weight excluding hydrogens is 474 g/mol. The molecule has 1 aromatic carbocycles. The van der Waals surface area contributed by atoms with Crippen LogP contribution in [0.3, 0.4) is 0 Å². The number of nitrogens with zero attached hydrogens (tertiary/aromatic N) is 6. The summed E-state index contributed by atoms with van der Waals surface area (Å²) in [6.45, 7) is 7.56. The lowest BCUT2D eigenvalue weighted by Gasteiger charge is -2.27. The number of nitrogens with one attached hydrogen (secondary N) is 1. The Morgan fingerprint density at radius 2 is 1.87 bits per heavy atom. The van der Waals surface area contributed by atoms with E-state index < -0.39 is 0 Å². The highest BCUT2D eigenvalue weighted by Gasteiger charge is 2.31. The van der Waals surface area contributed by atoms with Gasteiger partial charge >= 0.3 is 0 Å². The van der Waals surface area contributed by atoms with Gasteiger partial charge in [0, 0.05) is 35.7 Å². The van der Waals surface area contributed by atoms with Crippen LogP contribution in [-0.4, -0.2) is 49.9 Å². The molecule has 0 bridgehead atoms. The van der Waals surface area contributed by atoms with Crippen LogP contribution in [0.1, 0.15) is 62.9 Å². The van der Waals surface area contributed by atoms with E-state index in [1.807, 2.05) is 21.6 Å². The fourth-order valence-electron chi connectivity index (χ4n) is 5.63. The Bertz CT molecular complexity index is 1560. The van der Waals surface area contributed by atoms with E-state index in [2.05, 4.69) is 79.3 Å². The molecule has 0 spiro atoms. The highest BCUT2D eigenvalue weighted by Crippen LogP contribution is 2.36. The van der Waals surface area contributed by atoms with Crippen molar-refractivity contribution in [2.24, 2.45) is 5.92 Å². The molecule has 3 heterocycles. The molecule has 8 heteroatoms. The van der Waals surface area contributed by atoms with Gasteiger partial charge in [-0.25, -0.2) is 14.3 Å². The molecule has 1 unspecified atom stereocenters. The lowest BCUT2D eigenvalue weighted by atomic mass is 9.83. The van der Waals surface area contributed by atoms with Crippen molar-refractivity contribution in [3.63, 3.8) is 0 Å². The number of anilines is 2. The van der Waals surface area contributed by atoms with Gasteiger partial charge < -0.3 is 10.2 Å². The van der Waals surface area contributed by atoms with Crippen LogP contribution in [0.4, 0.5) is 11.6 Å². The van der Waals surface area contributed by atoms with Crippen LogP contribution in [0.5, 0.6) is 0 Å². The third-order valence-electron chi connectivity index (χ3n) is 7.69. The summed E-state index contributed by atoms with van der Waals surface area (Å²) in [7, 11) is 4.30. The van der Waals surface area contributed by atoms with Crippen molar-refractivity contribution in [3.05, 3.63) is 69.9 Å². The van der Waals surface area contributed by atoms with Gasteiger partial charge in [0.15, 0.2) is 5.65 Å². The predicted molar refractivity (Wildman–Crippen MR) is 152 cm³/mol. The van der Waals surface area contributed by atoms with Crippen LogP contribution in [0, 0.1) is 5.92 Å². The van der Waals surface area contributed by atoms with Gasteiger partial charge in [-0.05, 0) is 87.5 Å². The number of hydrogen-bond donors (Lipinski definition) is 1. The standard InChI is InChI=1S/C30H37N7O/c1-30(2,3)26-16-24(12-13-31-26)36-27-25(28(38)37(36)23-10-11-23)17-32-29(34-27)33-22-9-8-20-14-19(18-35(4)5)6-7-21(20)15-22/h8-9,12-13,15-17,19,23H,6-7,10-11,14,18H2,1-5H3,(H,32,33,34). The number of fused-ring (bicyclic) bond motifs is 2. The Hall–Kier alpha value is -3.52. The molecule has 2 aliphatic carbocycles. The van der Waals surface area contributed by atoms with E-state index in [0.717, 1.165) is 49.3 Å². The van der Waals surface area contributed by atoms with Crippen molar-refractivity contribution in [1.29, 1.82) is 0 Å². The van der Waals surface area contributed by atoms with Gasteiger partial charge in [-0.2, -0.15) is 4.98 Å². The third-order valence-corrected chi connectivity index (χ3v) is 7.69. The van der Waals surface area contributed by atoms with Gasteiger partial charge in [-0.1, -0.05) is 26.8 Å². The third kappa shape index (κ3) is 4.73. The minimum absolute atomic E-state index is 0.0377. The smallest absolute Gasteiger partial charge is 0.278 e. The van der Waals surface area contributed by atoms with Crippen molar-refractivity contribution in [2.45, 2.75) is 64.3 Å². The van der Waals surface area contributed by atoms with Gasteiger partial charge in [0.05, 0.1) is 11.7 Å². The molecule has 8 nitrogen and oxygen atoms in total. The summed E-state index contributed by atoms with van der Waals surface area (Å²) in [5.41, 5.74) is 6.16. The zero-order chi connectivity index (χ0) is 26.6. The Labute approximate surface area is 223 Å². The first kappa shape index (κ1) is 24.8. The minimum Gasteiger partial charge on any atom is -0.324 e. The summed E-state index contributed by atoms with van der Waals surface area (Å²) < 4.78 is 3.82. The van der Waals surface area contributed by atoms with Crippen molar-refractivity contribution in [1.82, 2.24) is 29.2 Å². The maximum absolute atomic E-state index is 13.4. The topological polar surface area (TPSA) is 80.9 Å². The fourth-order valence-corrected chi connectivity index (χ4v) is 5.63. The Balaban J connectivity index is 1.36. The maximum Gasteiger partial charge on any atom is 0.278 e. The van der Waals surface area contributed by atoms with Gasteiger partial charge in [0.1, 0.15) is 5.39 Å². The summed E-state index contributed by atoms with van der Waals surface area (Å²) in [4.78, 5) is 29.7. The van der Waals surface area contributed by atoms with Crippen LogP contribution >= 0.6 is 0 Å². The van der Waals surface area contributed by atoms with Gasteiger partial charge in [0.25, 0.3) is 5.56 Å². The van der Waals surface area contributed by atoms with E-state index in [1.165, 1.54) is 17.5 Å². The lowest BCUT2D eigenvalue weighted by molar-refractivity contribution is 0.303. The molecule has 6 rings (SSSR count). The number of aromatic nitrogens is 5. The van der Waals surface area contributed by atoms with E-state index >= 15 is 0 Å². The monoisotopic (exact) mass is 511 g/mol. The Kier molecular flexibility index (Phi) is 6.10. The van der Waals surface area contributed by atoms with Crippen LogP contribution in [-0.2, 0) is 18.3 Å².